The number of rotatable bonds is 3. The Morgan fingerprint density at radius 2 is 1.86 bits per heavy atom. The van der Waals surface area contributed by atoms with Crippen LogP contribution in [0.3, 0.4) is 0 Å². The lowest BCUT2D eigenvalue weighted by atomic mass is 10.2. The molecule has 0 aliphatic heterocycles. The van der Waals surface area contributed by atoms with E-state index >= 15 is 0 Å². The zero-order valence-corrected chi connectivity index (χ0v) is 12.8. The molecule has 0 bridgehead atoms. The lowest BCUT2D eigenvalue weighted by Gasteiger charge is -2.10. The Labute approximate surface area is 132 Å². The molecule has 6 heteroatoms. The van der Waals surface area contributed by atoms with E-state index in [0.29, 0.717) is 15.6 Å². The Kier molecular flexibility index (Phi) is 3.77. The molecule has 106 valence electrons. The van der Waals surface area contributed by atoms with Crippen LogP contribution in [0.4, 0.5) is 0 Å². The maximum absolute atomic E-state index is 5.94. The smallest absolute Gasteiger partial charge is 0.200 e. The van der Waals surface area contributed by atoms with Gasteiger partial charge in [0.1, 0.15) is 5.75 Å². The van der Waals surface area contributed by atoms with E-state index in [4.69, 9.17) is 28.6 Å². The molecule has 0 aliphatic carbocycles. The zero-order chi connectivity index (χ0) is 14.8. The van der Waals surface area contributed by atoms with Crippen LogP contribution in [0.2, 0.25) is 5.02 Å². The van der Waals surface area contributed by atoms with Crippen LogP contribution in [0.15, 0.2) is 48.5 Å². The molecule has 0 saturated heterocycles. The summed E-state index contributed by atoms with van der Waals surface area (Å²) in [4.78, 5) is 0. The number of aromatic amines is 1. The molecule has 0 saturated carbocycles. The summed E-state index contributed by atoms with van der Waals surface area (Å²) in [6, 6.07) is 15.1. The van der Waals surface area contributed by atoms with E-state index in [1.54, 1.807) is 7.11 Å². The highest BCUT2D eigenvalue weighted by atomic mass is 35.5. The van der Waals surface area contributed by atoms with E-state index in [1.165, 1.54) is 0 Å². The van der Waals surface area contributed by atoms with Crippen molar-refractivity contribution in [2.24, 2.45) is 0 Å². The van der Waals surface area contributed by atoms with Gasteiger partial charge in [-0.25, -0.2) is 0 Å². The molecule has 1 aromatic heterocycles. The van der Waals surface area contributed by atoms with Gasteiger partial charge in [-0.1, -0.05) is 23.7 Å². The van der Waals surface area contributed by atoms with Crippen LogP contribution in [0.5, 0.6) is 5.75 Å². The number of hydrogen-bond donors (Lipinski definition) is 1. The van der Waals surface area contributed by atoms with Gasteiger partial charge in [0, 0.05) is 5.02 Å². The minimum atomic E-state index is 0.512. The van der Waals surface area contributed by atoms with Crippen LogP contribution in [-0.4, -0.2) is 21.9 Å². The van der Waals surface area contributed by atoms with Gasteiger partial charge in [0.15, 0.2) is 10.6 Å². The number of methoxy groups -OCH3 is 1. The van der Waals surface area contributed by atoms with Crippen molar-refractivity contribution in [3.8, 4) is 22.8 Å². The SMILES string of the molecule is COc1ccccc1-c1n[nH]c(=S)n1-c1ccc(Cl)cc1. The molecule has 0 radical (unpaired) electrons. The van der Waals surface area contributed by atoms with Crippen LogP contribution in [0, 0.1) is 4.77 Å². The predicted octanol–water partition coefficient (Wildman–Crippen LogP) is 4.26. The fraction of sp³-hybridized carbons (Fsp3) is 0.0667. The van der Waals surface area contributed by atoms with Gasteiger partial charge in [-0.2, -0.15) is 5.10 Å². The molecule has 21 heavy (non-hydrogen) atoms. The van der Waals surface area contributed by atoms with E-state index < -0.39 is 0 Å². The van der Waals surface area contributed by atoms with Crippen molar-refractivity contribution in [2.45, 2.75) is 0 Å². The highest BCUT2D eigenvalue weighted by Gasteiger charge is 2.14. The third-order valence-electron chi connectivity index (χ3n) is 3.11. The maximum atomic E-state index is 5.94. The normalized spacial score (nSPS) is 10.6. The number of aromatic nitrogens is 3. The topological polar surface area (TPSA) is 42.8 Å². The van der Waals surface area contributed by atoms with E-state index in [1.807, 2.05) is 53.1 Å². The van der Waals surface area contributed by atoms with Crippen molar-refractivity contribution in [1.29, 1.82) is 0 Å². The molecular formula is C15H12ClN3OS. The summed E-state index contributed by atoms with van der Waals surface area (Å²) >= 11 is 11.3. The first kappa shape index (κ1) is 13.9. The predicted molar refractivity (Wildman–Crippen MR) is 85.7 cm³/mol. The molecule has 3 aromatic rings. The molecule has 0 atom stereocenters. The van der Waals surface area contributed by atoms with Gasteiger partial charge >= 0.3 is 0 Å². The average molecular weight is 318 g/mol. The van der Waals surface area contributed by atoms with E-state index in [-0.39, 0.29) is 0 Å². The summed E-state index contributed by atoms with van der Waals surface area (Å²) in [6.07, 6.45) is 0. The quantitative estimate of drug-likeness (QED) is 0.734. The second-order valence-electron chi connectivity index (χ2n) is 4.36. The summed E-state index contributed by atoms with van der Waals surface area (Å²) in [5.41, 5.74) is 1.75. The number of hydrogen-bond acceptors (Lipinski definition) is 3. The lowest BCUT2D eigenvalue weighted by Crippen LogP contribution is -1.99. The molecule has 0 aliphatic rings. The Bertz CT molecular complexity index is 823. The Hall–Kier alpha value is -2.11. The summed E-state index contributed by atoms with van der Waals surface area (Å²) < 4.78 is 7.76. The van der Waals surface area contributed by atoms with Gasteiger partial charge in [-0.3, -0.25) is 9.67 Å². The number of halogens is 1. The van der Waals surface area contributed by atoms with Crippen LogP contribution in [0.25, 0.3) is 17.1 Å². The molecule has 0 unspecified atom stereocenters. The Morgan fingerprint density at radius 1 is 1.14 bits per heavy atom. The highest BCUT2D eigenvalue weighted by molar-refractivity contribution is 7.71. The largest absolute Gasteiger partial charge is 0.496 e. The second-order valence-corrected chi connectivity index (χ2v) is 5.19. The van der Waals surface area contributed by atoms with Crippen molar-refractivity contribution < 1.29 is 4.74 Å². The number of benzene rings is 2. The summed E-state index contributed by atoms with van der Waals surface area (Å²) in [6.45, 7) is 0. The third-order valence-corrected chi connectivity index (χ3v) is 3.63. The minimum absolute atomic E-state index is 0.512. The van der Waals surface area contributed by atoms with Crippen LogP contribution < -0.4 is 4.74 Å². The minimum Gasteiger partial charge on any atom is -0.496 e. The van der Waals surface area contributed by atoms with Gasteiger partial charge in [0.2, 0.25) is 0 Å². The standard InChI is InChI=1S/C15H12ClN3OS/c1-20-13-5-3-2-4-12(13)14-17-18-15(21)19(14)11-8-6-10(16)7-9-11/h2-9H,1H3,(H,18,21). The van der Waals surface area contributed by atoms with Crippen LogP contribution in [0.1, 0.15) is 0 Å². The molecule has 0 amide bonds. The highest BCUT2D eigenvalue weighted by Crippen LogP contribution is 2.30. The first-order chi connectivity index (χ1) is 10.2. The lowest BCUT2D eigenvalue weighted by molar-refractivity contribution is 0.416. The molecule has 4 nitrogen and oxygen atoms in total. The Balaban J connectivity index is 2.22. The first-order valence-corrected chi connectivity index (χ1v) is 7.06. The summed E-state index contributed by atoms with van der Waals surface area (Å²) in [5.74, 6) is 1.43. The van der Waals surface area contributed by atoms with Gasteiger partial charge < -0.3 is 4.74 Å². The summed E-state index contributed by atoms with van der Waals surface area (Å²) in [7, 11) is 1.63. The number of nitrogens with one attached hydrogen (secondary N) is 1. The second kappa shape index (κ2) is 5.71. The summed E-state index contributed by atoms with van der Waals surface area (Å²) in [5, 5.41) is 7.83. The fourth-order valence-corrected chi connectivity index (χ4v) is 2.50. The van der Waals surface area contributed by atoms with Crippen molar-refractivity contribution >= 4 is 23.8 Å². The van der Waals surface area contributed by atoms with Crippen molar-refractivity contribution in [3.05, 3.63) is 58.3 Å². The van der Waals surface area contributed by atoms with Crippen molar-refractivity contribution in [3.63, 3.8) is 0 Å². The molecular weight excluding hydrogens is 306 g/mol. The zero-order valence-electron chi connectivity index (χ0n) is 11.2. The maximum Gasteiger partial charge on any atom is 0.200 e. The number of para-hydroxylation sites is 1. The Morgan fingerprint density at radius 3 is 2.57 bits per heavy atom. The van der Waals surface area contributed by atoms with E-state index in [2.05, 4.69) is 10.2 Å². The molecule has 1 heterocycles. The van der Waals surface area contributed by atoms with Crippen LogP contribution in [-0.2, 0) is 0 Å². The van der Waals surface area contributed by atoms with Gasteiger partial charge in [0.25, 0.3) is 0 Å². The monoisotopic (exact) mass is 317 g/mol. The first-order valence-electron chi connectivity index (χ1n) is 6.27. The molecule has 1 N–H and O–H groups in total. The van der Waals surface area contributed by atoms with Crippen molar-refractivity contribution in [2.75, 3.05) is 7.11 Å². The van der Waals surface area contributed by atoms with E-state index in [0.717, 1.165) is 17.0 Å². The van der Waals surface area contributed by atoms with Gasteiger partial charge in [-0.05, 0) is 48.6 Å². The fourth-order valence-electron chi connectivity index (χ4n) is 2.14. The molecule has 2 aromatic carbocycles. The third kappa shape index (κ3) is 2.57. The van der Waals surface area contributed by atoms with Crippen LogP contribution >= 0.6 is 23.8 Å². The van der Waals surface area contributed by atoms with E-state index in [9.17, 15) is 0 Å². The number of ether oxygens (including phenoxy) is 1. The number of H-pyrrole nitrogens is 1. The molecule has 0 fully saturated rings. The van der Waals surface area contributed by atoms with Crippen molar-refractivity contribution in [1.82, 2.24) is 14.8 Å². The van der Waals surface area contributed by atoms with Gasteiger partial charge in [0.05, 0.1) is 18.4 Å². The van der Waals surface area contributed by atoms with Gasteiger partial charge in [-0.15, -0.1) is 0 Å². The molecule has 0 spiro atoms. The molecule has 3 rings (SSSR count). The average Bonchev–Trinajstić information content (AvgIpc) is 2.90. The number of nitrogens with zero attached hydrogens (tertiary/aromatic N) is 2.